The molecule has 0 bridgehead atoms. The molecular formula is C17H16FNO3. The highest BCUT2D eigenvalue weighted by Crippen LogP contribution is 2.32. The van der Waals surface area contributed by atoms with E-state index in [1.807, 2.05) is 6.07 Å². The first-order valence-electron chi connectivity index (χ1n) is 7.11. The third-order valence-corrected chi connectivity index (χ3v) is 3.48. The molecule has 114 valence electrons. The first kappa shape index (κ1) is 14.4. The average molecular weight is 301 g/mol. The van der Waals surface area contributed by atoms with Gasteiger partial charge in [-0.1, -0.05) is 24.3 Å². The van der Waals surface area contributed by atoms with Gasteiger partial charge in [-0.05, 0) is 35.7 Å². The van der Waals surface area contributed by atoms with Crippen molar-refractivity contribution >= 4 is 5.91 Å². The van der Waals surface area contributed by atoms with Gasteiger partial charge in [-0.2, -0.15) is 0 Å². The number of halogens is 1. The number of carbonyl (C=O) groups excluding carboxylic acids is 1. The maximum absolute atomic E-state index is 13.4. The van der Waals surface area contributed by atoms with E-state index in [0.29, 0.717) is 30.0 Å². The number of nitrogens with one attached hydrogen (secondary N) is 1. The van der Waals surface area contributed by atoms with Gasteiger partial charge in [0.2, 0.25) is 12.7 Å². The molecule has 0 aromatic heterocycles. The third kappa shape index (κ3) is 3.36. The molecule has 1 aliphatic rings. The van der Waals surface area contributed by atoms with E-state index in [0.717, 1.165) is 5.56 Å². The summed E-state index contributed by atoms with van der Waals surface area (Å²) in [5, 5.41) is 2.80. The van der Waals surface area contributed by atoms with Crippen molar-refractivity contribution in [3.63, 3.8) is 0 Å². The highest BCUT2D eigenvalue weighted by atomic mass is 19.1. The molecule has 0 unspecified atom stereocenters. The van der Waals surface area contributed by atoms with Gasteiger partial charge in [-0.3, -0.25) is 4.79 Å². The molecule has 0 fully saturated rings. The van der Waals surface area contributed by atoms with E-state index in [1.54, 1.807) is 30.3 Å². The summed E-state index contributed by atoms with van der Waals surface area (Å²) in [6, 6.07) is 12.0. The van der Waals surface area contributed by atoms with Crippen LogP contribution in [0.15, 0.2) is 42.5 Å². The second-order valence-electron chi connectivity index (χ2n) is 5.06. The number of ether oxygens (including phenoxy) is 2. The summed E-state index contributed by atoms with van der Waals surface area (Å²) in [7, 11) is 0. The minimum absolute atomic E-state index is 0.102. The molecule has 4 nitrogen and oxygen atoms in total. The fourth-order valence-corrected chi connectivity index (χ4v) is 2.34. The Morgan fingerprint density at radius 1 is 1.14 bits per heavy atom. The summed E-state index contributed by atoms with van der Waals surface area (Å²) >= 11 is 0. The number of benzene rings is 2. The van der Waals surface area contributed by atoms with Crippen molar-refractivity contribution in [2.45, 2.75) is 12.8 Å². The Bertz CT molecular complexity index is 687. The lowest BCUT2D eigenvalue weighted by atomic mass is 10.1. The van der Waals surface area contributed by atoms with Crippen LogP contribution in [0.25, 0.3) is 0 Å². The fraction of sp³-hybridized carbons (Fsp3) is 0.235. The largest absolute Gasteiger partial charge is 0.454 e. The van der Waals surface area contributed by atoms with E-state index < -0.39 is 0 Å². The van der Waals surface area contributed by atoms with Gasteiger partial charge in [-0.25, -0.2) is 4.39 Å². The number of hydrogen-bond acceptors (Lipinski definition) is 3. The Hall–Kier alpha value is -2.56. The summed E-state index contributed by atoms with van der Waals surface area (Å²) in [6.07, 6.45) is 0.730. The highest BCUT2D eigenvalue weighted by Gasteiger charge is 2.14. The summed E-state index contributed by atoms with van der Waals surface area (Å²) in [5.41, 5.74) is 1.46. The third-order valence-electron chi connectivity index (χ3n) is 3.48. The van der Waals surface area contributed by atoms with Gasteiger partial charge in [0.25, 0.3) is 0 Å². The van der Waals surface area contributed by atoms with Crippen LogP contribution in [-0.2, 0) is 17.6 Å². The van der Waals surface area contributed by atoms with Gasteiger partial charge in [0.15, 0.2) is 11.5 Å². The van der Waals surface area contributed by atoms with Crippen LogP contribution < -0.4 is 14.8 Å². The molecule has 1 amide bonds. The predicted molar refractivity (Wildman–Crippen MR) is 79.4 cm³/mol. The summed E-state index contributed by atoms with van der Waals surface area (Å²) in [4.78, 5) is 11.9. The minimum Gasteiger partial charge on any atom is -0.454 e. The molecule has 1 N–H and O–H groups in total. The number of fused-ring (bicyclic) bond motifs is 1. The van der Waals surface area contributed by atoms with Gasteiger partial charge < -0.3 is 14.8 Å². The molecule has 1 aliphatic heterocycles. The first-order chi connectivity index (χ1) is 10.7. The molecule has 0 saturated carbocycles. The number of carbonyl (C=O) groups is 1. The van der Waals surface area contributed by atoms with E-state index in [2.05, 4.69) is 5.32 Å². The zero-order valence-corrected chi connectivity index (χ0v) is 12.0. The Morgan fingerprint density at radius 3 is 2.82 bits per heavy atom. The Balaban J connectivity index is 1.49. The molecule has 2 aromatic carbocycles. The SMILES string of the molecule is O=C(Cc1ccc2c(c1)OCO2)NCCc1ccccc1F. The standard InChI is InChI=1S/C17H16FNO3/c18-14-4-2-1-3-13(14)7-8-19-17(20)10-12-5-6-15-16(9-12)22-11-21-15/h1-6,9H,7-8,10-11H2,(H,19,20). The van der Waals surface area contributed by atoms with Crippen molar-refractivity contribution in [3.8, 4) is 11.5 Å². The van der Waals surface area contributed by atoms with Gasteiger partial charge in [-0.15, -0.1) is 0 Å². The predicted octanol–water partition coefficient (Wildman–Crippen LogP) is 2.46. The second kappa shape index (κ2) is 6.47. The molecule has 2 aromatic rings. The van der Waals surface area contributed by atoms with Gasteiger partial charge in [0.1, 0.15) is 5.82 Å². The van der Waals surface area contributed by atoms with Crippen LogP contribution in [0, 0.1) is 5.82 Å². The first-order valence-corrected chi connectivity index (χ1v) is 7.11. The zero-order valence-electron chi connectivity index (χ0n) is 12.0. The lowest BCUT2D eigenvalue weighted by molar-refractivity contribution is -0.120. The van der Waals surface area contributed by atoms with Gasteiger partial charge in [0.05, 0.1) is 6.42 Å². The van der Waals surface area contributed by atoms with E-state index in [-0.39, 0.29) is 24.9 Å². The van der Waals surface area contributed by atoms with E-state index >= 15 is 0 Å². The lowest BCUT2D eigenvalue weighted by Gasteiger charge is -2.07. The number of hydrogen-bond donors (Lipinski definition) is 1. The molecule has 0 aliphatic carbocycles. The van der Waals surface area contributed by atoms with Crippen molar-refractivity contribution < 1.29 is 18.7 Å². The van der Waals surface area contributed by atoms with Crippen LogP contribution in [0.3, 0.4) is 0 Å². The van der Waals surface area contributed by atoms with Crippen LogP contribution in [0.2, 0.25) is 0 Å². The van der Waals surface area contributed by atoms with Crippen molar-refractivity contribution in [2.24, 2.45) is 0 Å². The molecule has 3 rings (SSSR count). The van der Waals surface area contributed by atoms with E-state index in [1.165, 1.54) is 6.07 Å². The summed E-state index contributed by atoms with van der Waals surface area (Å²) in [5.74, 6) is 1.02. The van der Waals surface area contributed by atoms with Crippen LogP contribution >= 0.6 is 0 Å². The van der Waals surface area contributed by atoms with Gasteiger partial charge in [0, 0.05) is 6.54 Å². The maximum atomic E-state index is 13.4. The second-order valence-corrected chi connectivity index (χ2v) is 5.06. The zero-order chi connectivity index (χ0) is 15.4. The van der Waals surface area contributed by atoms with Crippen molar-refractivity contribution in [2.75, 3.05) is 13.3 Å². The monoisotopic (exact) mass is 301 g/mol. The Kier molecular flexibility index (Phi) is 4.23. The van der Waals surface area contributed by atoms with Crippen molar-refractivity contribution in [1.82, 2.24) is 5.32 Å². The fourth-order valence-electron chi connectivity index (χ4n) is 2.34. The van der Waals surface area contributed by atoms with E-state index in [9.17, 15) is 9.18 Å². The van der Waals surface area contributed by atoms with Crippen LogP contribution in [0.1, 0.15) is 11.1 Å². The summed E-state index contributed by atoms with van der Waals surface area (Å²) < 4.78 is 24.0. The van der Waals surface area contributed by atoms with Crippen molar-refractivity contribution in [1.29, 1.82) is 0 Å². The Labute approximate surface area is 127 Å². The maximum Gasteiger partial charge on any atom is 0.231 e. The molecular weight excluding hydrogens is 285 g/mol. The quantitative estimate of drug-likeness (QED) is 0.923. The molecule has 0 saturated heterocycles. The topological polar surface area (TPSA) is 47.6 Å². The minimum atomic E-state index is -0.243. The smallest absolute Gasteiger partial charge is 0.231 e. The molecule has 0 spiro atoms. The van der Waals surface area contributed by atoms with Crippen LogP contribution in [0.4, 0.5) is 4.39 Å². The number of amides is 1. The van der Waals surface area contributed by atoms with Crippen LogP contribution in [0.5, 0.6) is 11.5 Å². The van der Waals surface area contributed by atoms with Gasteiger partial charge >= 0.3 is 0 Å². The molecule has 0 atom stereocenters. The normalized spacial score (nSPS) is 12.2. The summed E-state index contributed by atoms with van der Waals surface area (Å²) in [6.45, 7) is 0.623. The highest BCUT2D eigenvalue weighted by molar-refractivity contribution is 5.78. The average Bonchev–Trinajstić information content (AvgIpc) is 2.97. The van der Waals surface area contributed by atoms with E-state index in [4.69, 9.17) is 9.47 Å². The lowest BCUT2D eigenvalue weighted by Crippen LogP contribution is -2.27. The number of rotatable bonds is 5. The molecule has 22 heavy (non-hydrogen) atoms. The van der Waals surface area contributed by atoms with Crippen molar-refractivity contribution in [3.05, 3.63) is 59.4 Å². The van der Waals surface area contributed by atoms with Crippen LogP contribution in [-0.4, -0.2) is 19.2 Å². The molecule has 1 heterocycles. The Morgan fingerprint density at radius 2 is 1.95 bits per heavy atom. The molecule has 5 heteroatoms. The molecule has 0 radical (unpaired) electrons.